The van der Waals surface area contributed by atoms with E-state index in [2.05, 4.69) is 42.7 Å². The van der Waals surface area contributed by atoms with Gasteiger partial charge >= 0.3 is 6.09 Å². The SMILES string of the molecule is CCc1cccc(C)c1CNc1cc(OC(=O)NCCc2ccc(O)c(O)c2)cn2c(C)c(C)nc12. The molecule has 8 nitrogen and oxygen atoms in total. The molecule has 0 unspecified atom stereocenters. The Labute approximate surface area is 210 Å². The van der Waals surface area contributed by atoms with E-state index in [1.54, 1.807) is 18.3 Å². The number of amides is 1. The van der Waals surface area contributed by atoms with E-state index in [9.17, 15) is 15.0 Å². The van der Waals surface area contributed by atoms with Crippen molar-refractivity contribution in [3.05, 3.63) is 82.3 Å². The van der Waals surface area contributed by atoms with E-state index < -0.39 is 6.09 Å². The van der Waals surface area contributed by atoms with Crippen molar-refractivity contribution in [3.63, 3.8) is 0 Å². The van der Waals surface area contributed by atoms with E-state index in [0.717, 1.165) is 34.7 Å². The van der Waals surface area contributed by atoms with E-state index in [1.165, 1.54) is 28.8 Å². The number of ether oxygens (including phenoxy) is 1. The van der Waals surface area contributed by atoms with E-state index in [4.69, 9.17) is 9.72 Å². The molecule has 4 rings (SSSR count). The molecule has 4 aromatic rings. The Balaban J connectivity index is 1.49. The van der Waals surface area contributed by atoms with Crippen molar-refractivity contribution in [2.75, 3.05) is 11.9 Å². The number of nitrogens with one attached hydrogen (secondary N) is 2. The normalized spacial score (nSPS) is 11.0. The van der Waals surface area contributed by atoms with Crippen molar-refractivity contribution in [1.82, 2.24) is 14.7 Å². The lowest BCUT2D eigenvalue weighted by Gasteiger charge is -2.15. The summed E-state index contributed by atoms with van der Waals surface area (Å²) < 4.78 is 7.53. The molecule has 0 spiro atoms. The van der Waals surface area contributed by atoms with E-state index in [-0.39, 0.29) is 11.5 Å². The fraction of sp³-hybridized carbons (Fsp3) is 0.286. The number of benzene rings is 2. The number of imidazole rings is 1. The number of aromatic hydroxyl groups is 2. The first-order chi connectivity index (χ1) is 17.3. The molecule has 1 amide bonds. The van der Waals surface area contributed by atoms with Gasteiger partial charge in [-0.2, -0.15) is 0 Å². The summed E-state index contributed by atoms with van der Waals surface area (Å²) in [7, 11) is 0. The Morgan fingerprint density at radius 1 is 1.08 bits per heavy atom. The first kappa shape index (κ1) is 24.9. The van der Waals surface area contributed by atoms with Crippen LogP contribution in [0.1, 0.15) is 40.6 Å². The van der Waals surface area contributed by atoms with Crippen molar-refractivity contribution < 1.29 is 19.7 Å². The minimum atomic E-state index is -0.579. The van der Waals surface area contributed by atoms with Crippen molar-refractivity contribution in [2.45, 2.75) is 47.1 Å². The molecule has 2 aromatic heterocycles. The van der Waals surface area contributed by atoms with Crippen LogP contribution in [0.4, 0.5) is 10.5 Å². The standard InChI is InChI=1S/C28H32N4O4/c1-5-21-8-6-7-17(2)23(21)15-30-24-14-22(16-32-19(4)18(3)31-27(24)32)36-28(35)29-12-11-20-9-10-25(33)26(34)13-20/h6-10,13-14,16,30,33-34H,5,11-12,15H2,1-4H3,(H,29,35). The van der Waals surface area contributed by atoms with Gasteiger partial charge in [0.05, 0.1) is 17.6 Å². The zero-order valence-corrected chi connectivity index (χ0v) is 21.1. The minimum Gasteiger partial charge on any atom is -0.504 e. The predicted molar refractivity (Wildman–Crippen MR) is 140 cm³/mol. The lowest BCUT2D eigenvalue weighted by atomic mass is 10.00. The van der Waals surface area contributed by atoms with Crippen LogP contribution in [0.2, 0.25) is 0 Å². The molecule has 8 heteroatoms. The molecular formula is C28H32N4O4. The van der Waals surface area contributed by atoms with Gasteiger partial charge in [-0.15, -0.1) is 0 Å². The number of phenols is 2. The number of pyridine rings is 1. The summed E-state index contributed by atoms with van der Waals surface area (Å²) >= 11 is 0. The second-order valence-electron chi connectivity index (χ2n) is 8.87. The maximum absolute atomic E-state index is 12.5. The molecule has 0 bridgehead atoms. The van der Waals surface area contributed by atoms with E-state index >= 15 is 0 Å². The molecule has 0 aliphatic carbocycles. The highest BCUT2D eigenvalue weighted by molar-refractivity contribution is 5.74. The number of hydrogen-bond donors (Lipinski definition) is 4. The quantitative estimate of drug-likeness (QED) is 0.255. The van der Waals surface area contributed by atoms with Gasteiger partial charge in [0.2, 0.25) is 0 Å². The van der Waals surface area contributed by atoms with Gasteiger partial charge in [0.25, 0.3) is 0 Å². The molecule has 2 aromatic carbocycles. The molecular weight excluding hydrogens is 456 g/mol. The number of anilines is 1. The minimum absolute atomic E-state index is 0.177. The number of carbonyl (C=O) groups excluding carboxylic acids is 1. The molecule has 4 N–H and O–H groups in total. The third kappa shape index (κ3) is 5.38. The summed E-state index contributed by atoms with van der Waals surface area (Å²) in [6.45, 7) is 9.13. The number of hydrogen-bond acceptors (Lipinski definition) is 6. The number of fused-ring (bicyclic) bond motifs is 1. The van der Waals surface area contributed by atoms with Gasteiger partial charge < -0.3 is 25.6 Å². The summed E-state index contributed by atoms with van der Waals surface area (Å²) in [6.07, 6.45) is 2.61. The summed E-state index contributed by atoms with van der Waals surface area (Å²) in [5.74, 6) is 0.0289. The Hall–Kier alpha value is -4.20. The fourth-order valence-electron chi connectivity index (χ4n) is 4.24. The number of carbonyl (C=O) groups is 1. The van der Waals surface area contributed by atoms with Crippen LogP contribution in [0.15, 0.2) is 48.7 Å². The zero-order chi connectivity index (χ0) is 25.8. The highest BCUT2D eigenvalue weighted by atomic mass is 16.6. The Kier molecular flexibility index (Phi) is 7.33. The zero-order valence-electron chi connectivity index (χ0n) is 21.1. The van der Waals surface area contributed by atoms with Crippen molar-refractivity contribution in [3.8, 4) is 17.2 Å². The predicted octanol–water partition coefficient (Wildman–Crippen LogP) is 5.18. The molecule has 0 aliphatic heterocycles. The summed E-state index contributed by atoms with van der Waals surface area (Å²) in [4.78, 5) is 17.2. The average molecular weight is 489 g/mol. The average Bonchev–Trinajstić information content (AvgIpc) is 3.14. The number of nitrogens with zero attached hydrogens (tertiary/aromatic N) is 2. The van der Waals surface area contributed by atoms with Crippen molar-refractivity contribution >= 4 is 17.4 Å². The molecule has 0 aliphatic rings. The van der Waals surface area contributed by atoms with Crippen LogP contribution >= 0.6 is 0 Å². The van der Waals surface area contributed by atoms with Crippen LogP contribution in [0.25, 0.3) is 5.65 Å². The summed E-state index contributed by atoms with van der Waals surface area (Å²) in [5.41, 5.74) is 7.98. The molecule has 2 heterocycles. The van der Waals surface area contributed by atoms with Crippen LogP contribution in [0.3, 0.4) is 0 Å². The molecule has 0 fully saturated rings. The maximum atomic E-state index is 12.5. The van der Waals surface area contributed by atoms with Crippen LogP contribution in [-0.4, -0.2) is 32.2 Å². The fourth-order valence-corrected chi connectivity index (χ4v) is 4.24. The smallest absolute Gasteiger partial charge is 0.412 e. The summed E-state index contributed by atoms with van der Waals surface area (Å²) in [5, 5.41) is 25.3. The van der Waals surface area contributed by atoms with Crippen LogP contribution in [-0.2, 0) is 19.4 Å². The highest BCUT2D eigenvalue weighted by Crippen LogP contribution is 2.28. The highest BCUT2D eigenvalue weighted by Gasteiger charge is 2.15. The third-order valence-electron chi connectivity index (χ3n) is 6.45. The second kappa shape index (κ2) is 10.6. The monoisotopic (exact) mass is 488 g/mol. The van der Waals surface area contributed by atoms with Gasteiger partial charge in [-0.1, -0.05) is 31.2 Å². The van der Waals surface area contributed by atoms with Crippen LogP contribution < -0.4 is 15.4 Å². The first-order valence-electron chi connectivity index (χ1n) is 12.0. The first-order valence-corrected chi connectivity index (χ1v) is 12.0. The topological polar surface area (TPSA) is 108 Å². The van der Waals surface area contributed by atoms with Gasteiger partial charge in [-0.05, 0) is 68.0 Å². The number of phenolic OH excluding ortho intramolecular Hbond substituents is 2. The van der Waals surface area contributed by atoms with Gasteiger partial charge in [-0.3, -0.25) is 4.40 Å². The van der Waals surface area contributed by atoms with Crippen LogP contribution in [0.5, 0.6) is 17.2 Å². The second-order valence-corrected chi connectivity index (χ2v) is 8.87. The van der Waals surface area contributed by atoms with Gasteiger partial charge in [0.1, 0.15) is 0 Å². The van der Waals surface area contributed by atoms with Crippen molar-refractivity contribution in [1.29, 1.82) is 0 Å². The molecule has 188 valence electrons. The van der Waals surface area contributed by atoms with E-state index in [0.29, 0.717) is 25.3 Å². The number of aromatic nitrogens is 2. The maximum Gasteiger partial charge on any atom is 0.412 e. The molecule has 0 radical (unpaired) electrons. The Bertz CT molecular complexity index is 1410. The Morgan fingerprint density at radius 3 is 2.64 bits per heavy atom. The lowest BCUT2D eigenvalue weighted by molar-refractivity contribution is 0.200. The third-order valence-corrected chi connectivity index (χ3v) is 6.45. The number of aryl methyl sites for hydroxylation is 4. The van der Waals surface area contributed by atoms with E-state index in [1.807, 2.05) is 18.2 Å². The molecule has 0 atom stereocenters. The molecule has 36 heavy (non-hydrogen) atoms. The van der Waals surface area contributed by atoms with Crippen LogP contribution in [0, 0.1) is 20.8 Å². The number of rotatable bonds is 8. The lowest BCUT2D eigenvalue weighted by Crippen LogP contribution is -2.28. The molecule has 0 saturated heterocycles. The van der Waals surface area contributed by atoms with Gasteiger partial charge in [-0.25, -0.2) is 9.78 Å². The van der Waals surface area contributed by atoms with Gasteiger partial charge in [0.15, 0.2) is 22.9 Å². The Morgan fingerprint density at radius 2 is 1.89 bits per heavy atom. The summed E-state index contributed by atoms with van der Waals surface area (Å²) in [6, 6.07) is 12.7. The molecule has 0 saturated carbocycles. The largest absolute Gasteiger partial charge is 0.504 e. The van der Waals surface area contributed by atoms with Crippen molar-refractivity contribution in [2.24, 2.45) is 0 Å². The van der Waals surface area contributed by atoms with Gasteiger partial charge in [0, 0.05) is 24.8 Å².